The first kappa shape index (κ1) is 20.5. The predicted octanol–water partition coefficient (Wildman–Crippen LogP) is 4.11. The zero-order chi connectivity index (χ0) is 22.2. The van der Waals surface area contributed by atoms with Crippen molar-refractivity contribution in [2.75, 3.05) is 6.54 Å². The Balaban J connectivity index is 1.64. The molecule has 0 unspecified atom stereocenters. The first-order chi connectivity index (χ1) is 15.5. The Morgan fingerprint density at radius 3 is 2.72 bits per heavy atom. The van der Waals surface area contributed by atoms with Gasteiger partial charge in [0, 0.05) is 18.0 Å². The summed E-state index contributed by atoms with van der Waals surface area (Å²) in [6.45, 7) is 5.52. The van der Waals surface area contributed by atoms with Crippen molar-refractivity contribution in [1.82, 2.24) is 19.0 Å². The van der Waals surface area contributed by atoms with Crippen LogP contribution in [-0.2, 0) is 17.9 Å². The second-order valence-corrected chi connectivity index (χ2v) is 8.90. The lowest BCUT2D eigenvalue weighted by atomic mass is 10.0. The van der Waals surface area contributed by atoms with Crippen LogP contribution < -0.4 is 5.56 Å². The van der Waals surface area contributed by atoms with Gasteiger partial charge in [-0.3, -0.25) is 14.2 Å². The summed E-state index contributed by atoms with van der Waals surface area (Å²) in [5, 5.41) is 0.920. The molecule has 0 saturated carbocycles. The van der Waals surface area contributed by atoms with Crippen molar-refractivity contribution < 1.29 is 4.79 Å². The number of aromatic nitrogens is 3. The van der Waals surface area contributed by atoms with Crippen LogP contribution in [0.25, 0.3) is 21.9 Å². The van der Waals surface area contributed by atoms with Crippen LogP contribution in [0.15, 0.2) is 59.7 Å². The Hall–Kier alpha value is -3.41. The zero-order valence-corrected chi connectivity index (χ0v) is 18.6. The molecule has 2 aromatic heterocycles. The first-order valence-electron chi connectivity index (χ1n) is 11.3. The number of hydrogen-bond donors (Lipinski definition) is 0. The Labute approximate surface area is 187 Å². The van der Waals surface area contributed by atoms with E-state index in [-0.39, 0.29) is 24.1 Å². The van der Waals surface area contributed by atoms with Gasteiger partial charge in [0.15, 0.2) is 0 Å². The molecule has 4 aromatic rings. The smallest absolute Gasteiger partial charge is 0.278 e. The quantitative estimate of drug-likeness (QED) is 0.492. The van der Waals surface area contributed by atoms with E-state index in [1.807, 2.05) is 58.9 Å². The maximum Gasteiger partial charge on any atom is 0.278 e. The van der Waals surface area contributed by atoms with E-state index < -0.39 is 0 Å². The number of likely N-dealkylation sites (tertiary alicyclic amines) is 1. The van der Waals surface area contributed by atoms with Gasteiger partial charge in [0.25, 0.3) is 5.56 Å². The molecular formula is C26H28N4O2. The van der Waals surface area contributed by atoms with Crippen LogP contribution in [0.3, 0.4) is 0 Å². The molecule has 1 aliphatic rings. The van der Waals surface area contributed by atoms with Gasteiger partial charge < -0.3 is 9.47 Å². The number of aryl methyl sites for hydroxylation is 1. The number of piperidine rings is 1. The molecule has 0 bridgehead atoms. The third kappa shape index (κ3) is 3.60. The first-order valence-corrected chi connectivity index (χ1v) is 11.3. The fourth-order valence-corrected chi connectivity index (χ4v) is 4.87. The number of rotatable bonds is 4. The van der Waals surface area contributed by atoms with Gasteiger partial charge in [-0.15, -0.1) is 0 Å². The van der Waals surface area contributed by atoms with Crippen molar-refractivity contribution >= 4 is 27.8 Å². The number of nitrogens with zero attached hydrogens (tertiary/aromatic N) is 4. The standard InChI is InChI=1S/C26H28N4O2/c1-18-11-12-22-21(14-18)24-25(30(22)16-23(31)29-13-7-6-8-19(29)2)26(32)28(17-27-24)15-20-9-4-3-5-10-20/h3-5,9-12,14,17,19H,6-8,13,15-16H2,1-2H3/t19-/m0/s1. The number of fused-ring (bicyclic) bond motifs is 3. The average Bonchev–Trinajstić information content (AvgIpc) is 3.10. The van der Waals surface area contributed by atoms with Crippen LogP contribution in [0.5, 0.6) is 0 Å². The lowest BCUT2D eigenvalue weighted by molar-refractivity contribution is -0.134. The molecule has 5 rings (SSSR count). The molecule has 1 saturated heterocycles. The van der Waals surface area contributed by atoms with Crippen molar-refractivity contribution in [3.8, 4) is 0 Å². The summed E-state index contributed by atoms with van der Waals surface area (Å²) in [6, 6.07) is 16.2. The number of benzene rings is 2. The molecule has 1 atom stereocenters. The Kier molecular flexibility index (Phi) is 5.29. The largest absolute Gasteiger partial charge is 0.338 e. The minimum absolute atomic E-state index is 0.0643. The van der Waals surface area contributed by atoms with E-state index in [4.69, 9.17) is 0 Å². The fraction of sp³-hybridized carbons (Fsp3) is 0.346. The lowest BCUT2D eigenvalue weighted by Gasteiger charge is -2.33. The lowest BCUT2D eigenvalue weighted by Crippen LogP contribution is -2.43. The zero-order valence-electron chi connectivity index (χ0n) is 18.6. The van der Waals surface area contributed by atoms with E-state index in [9.17, 15) is 9.59 Å². The Bertz CT molecular complexity index is 1350. The van der Waals surface area contributed by atoms with Crippen molar-refractivity contribution in [1.29, 1.82) is 0 Å². The van der Waals surface area contributed by atoms with Crippen LogP contribution in [0.1, 0.15) is 37.3 Å². The second kappa shape index (κ2) is 8.26. The Morgan fingerprint density at radius 1 is 1.12 bits per heavy atom. The average molecular weight is 429 g/mol. The summed E-state index contributed by atoms with van der Waals surface area (Å²) in [5.74, 6) is 0.0643. The molecule has 6 heteroatoms. The highest BCUT2D eigenvalue weighted by Crippen LogP contribution is 2.27. The summed E-state index contributed by atoms with van der Waals surface area (Å²) in [4.78, 5) is 33.5. The monoisotopic (exact) mass is 428 g/mol. The van der Waals surface area contributed by atoms with Crippen LogP contribution >= 0.6 is 0 Å². The minimum Gasteiger partial charge on any atom is -0.338 e. The number of hydrogen-bond acceptors (Lipinski definition) is 3. The summed E-state index contributed by atoms with van der Waals surface area (Å²) in [5.41, 5.74) is 4.06. The topological polar surface area (TPSA) is 60.1 Å². The summed E-state index contributed by atoms with van der Waals surface area (Å²) < 4.78 is 3.51. The maximum absolute atomic E-state index is 13.6. The van der Waals surface area contributed by atoms with Gasteiger partial charge in [-0.1, -0.05) is 42.0 Å². The minimum atomic E-state index is -0.118. The van der Waals surface area contributed by atoms with Crippen molar-refractivity contribution in [2.45, 2.75) is 52.2 Å². The molecule has 2 aromatic carbocycles. The molecule has 6 nitrogen and oxygen atoms in total. The van der Waals surface area contributed by atoms with E-state index in [0.717, 1.165) is 47.8 Å². The van der Waals surface area contributed by atoms with Crippen LogP contribution in [0.2, 0.25) is 0 Å². The molecule has 0 N–H and O–H groups in total. The van der Waals surface area contributed by atoms with Gasteiger partial charge in [0.2, 0.25) is 5.91 Å². The van der Waals surface area contributed by atoms with Crippen molar-refractivity contribution in [3.63, 3.8) is 0 Å². The summed E-state index contributed by atoms with van der Waals surface area (Å²) in [7, 11) is 0. The molecule has 0 spiro atoms. The van der Waals surface area contributed by atoms with Gasteiger partial charge in [0.05, 0.1) is 18.4 Å². The number of carbonyl (C=O) groups is 1. The van der Waals surface area contributed by atoms with E-state index in [1.165, 1.54) is 0 Å². The molecule has 1 fully saturated rings. The predicted molar refractivity (Wildman–Crippen MR) is 127 cm³/mol. The highest BCUT2D eigenvalue weighted by Gasteiger charge is 2.25. The fourth-order valence-electron chi connectivity index (χ4n) is 4.87. The van der Waals surface area contributed by atoms with E-state index in [1.54, 1.807) is 10.9 Å². The normalized spacial score (nSPS) is 16.7. The maximum atomic E-state index is 13.6. The van der Waals surface area contributed by atoms with Gasteiger partial charge in [-0.2, -0.15) is 0 Å². The van der Waals surface area contributed by atoms with E-state index >= 15 is 0 Å². The molecule has 3 heterocycles. The third-order valence-corrected chi connectivity index (χ3v) is 6.59. The summed E-state index contributed by atoms with van der Waals surface area (Å²) in [6.07, 6.45) is 4.85. The highest BCUT2D eigenvalue weighted by molar-refractivity contribution is 6.06. The van der Waals surface area contributed by atoms with Gasteiger partial charge in [-0.05, 0) is 50.8 Å². The van der Waals surface area contributed by atoms with Crippen molar-refractivity contribution in [2.24, 2.45) is 0 Å². The second-order valence-electron chi connectivity index (χ2n) is 8.90. The van der Waals surface area contributed by atoms with E-state index in [2.05, 4.69) is 18.0 Å². The third-order valence-electron chi connectivity index (χ3n) is 6.59. The molecule has 0 aliphatic carbocycles. The van der Waals surface area contributed by atoms with Crippen LogP contribution in [-0.4, -0.2) is 37.5 Å². The molecular weight excluding hydrogens is 400 g/mol. The van der Waals surface area contributed by atoms with Crippen LogP contribution in [0.4, 0.5) is 0 Å². The van der Waals surface area contributed by atoms with Gasteiger partial charge in [-0.25, -0.2) is 4.98 Å². The van der Waals surface area contributed by atoms with E-state index in [0.29, 0.717) is 17.6 Å². The SMILES string of the molecule is Cc1ccc2c(c1)c1ncn(Cc3ccccc3)c(=O)c1n2CC(=O)N1CCCC[C@@H]1C. The van der Waals surface area contributed by atoms with Gasteiger partial charge in [0.1, 0.15) is 17.6 Å². The molecule has 1 amide bonds. The van der Waals surface area contributed by atoms with Gasteiger partial charge >= 0.3 is 0 Å². The molecule has 1 aliphatic heterocycles. The Morgan fingerprint density at radius 2 is 1.94 bits per heavy atom. The van der Waals surface area contributed by atoms with Crippen molar-refractivity contribution in [3.05, 3.63) is 76.3 Å². The summed E-state index contributed by atoms with van der Waals surface area (Å²) >= 11 is 0. The number of amides is 1. The molecule has 32 heavy (non-hydrogen) atoms. The highest BCUT2D eigenvalue weighted by atomic mass is 16.2. The van der Waals surface area contributed by atoms with Crippen LogP contribution in [0, 0.1) is 6.92 Å². The molecule has 0 radical (unpaired) electrons. The molecule has 164 valence electrons. The number of carbonyl (C=O) groups excluding carboxylic acids is 1.